The fourth-order valence-corrected chi connectivity index (χ4v) is 2.71. The van der Waals surface area contributed by atoms with Gasteiger partial charge in [-0.05, 0) is 36.6 Å². The molecule has 2 aromatic carbocycles. The molecule has 0 amide bonds. The van der Waals surface area contributed by atoms with E-state index in [4.69, 9.17) is 4.74 Å². The summed E-state index contributed by atoms with van der Waals surface area (Å²) in [6.45, 7) is 5.06. The molecule has 0 aromatic heterocycles. The molecule has 3 rings (SSSR count). The molecule has 0 saturated carbocycles. The van der Waals surface area contributed by atoms with E-state index in [0.29, 0.717) is 5.92 Å². The first-order chi connectivity index (χ1) is 8.25. The van der Waals surface area contributed by atoms with Gasteiger partial charge in [-0.1, -0.05) is 36.4 Å². The number of hydrogen-bond acceptors (Lipinski definition) is 1. The maximum atomic E-state index is 5.83. The van der Waals surface area contributed by atoms with Crippen LogP contribution in [0.25, 0.3) is 0 Å². The molecule has 0 bridgehead atoms. The van der Waals surface area contributed by atoms with E-state index in [1.165, 1.54) is 22.3 Å². The molecule has 0 radical (unpaired) electrons. The third-order valence-corrected chi connectivity index (χ3v) is 3.45. The number of benzene rings is 2. The summed E-state index contributed by atoms with van der Waals surface area (Å²) in [5.41, 5.74) is 5.32. The van der Waals surface area contributed by atoms with Crippen LogP contribution in [-0.4, -0.2) is 6.61 Å². The maximum Gasteiger partial charge on any atom is 0.123 e. The molecule has 0 aliphatic carbocycles. The van der Waals surface area contributed by atoms with Crippen molar-refractivity contribution in [2.45, 2.75) is 19.8 Å². The monoisotopic (exact) mass is 224 g/mol. The zero-order valence-electron chi connectivity index (χ0n) is 10.2. The predicted molar refractivity (Wildman–Crippen MR) is 69.7 cm³/mol. The molecule has 0 spiro atoms. The summed E-state index contributed by atoms with van der Waals surface area (Å²) >= 11 is 0. The molecule has 1 heteroatoms. The first kappa shape index (κ1) is 10.4. The first-order valence-corrected chi connectivity index (χ1v) is 6.04. The summed E-state index contributed by atoms with van der Waals surface area (Å²) in [6, 6.07) is 15.0. The lowest BCUT2D eigenvalue weighted by Crippen LogP contribution is -2.03. The number of ether oxygens (including phenoxy) is 1. The van der Waals surface area contributed by atoms with Gasteiger partial charge in [0.15, 0.2) is 0 Å². The Kier molecular flexibility index (Phi) is 2.40. The smallest absolute Gasteiger partial charge is 0.123 e. The average molecular weight is 224 g/mol. The van der Waals surface area contributed by atoms with Crippen molar-refractivity contribution in [3.05, 3.63) is 64.7 Å². The van der Waals surface area contributed by atoms with Crippen LogP contribution in [0.4, 0.5) is 0 Å². The van der Waals surface area contributed by atoms with Crippen molar-refractivity contribution >= 4 is 0 Å². The molecule has 2 aromatic rings. The molecule has 0 N–H and O–H groups in total. The highest BCUT2D eigenvalue weighted by atomic mass is 16.5. The van der Waals surface area contributed by atoms with E-state index in [2.05, 4.69) is 56.3 Å². The van der Waals surface area contributed by atoms with Gasteiger partial charge < -0.3 is 4.74 Å². The topological polar surface area (TPSA) is 9.23 Å². The minimum Gasteiger partial charge on any atom is -0.492 e. The molecule has 1 nitrogen and oxygen atoms in total. The van der Waals surface area contributed by atoms with Crippen molar-refractivity contribution in [1.82, 2.24) is 0 Å². The third-order valence-electron chi connectivity index (χ3n) is 3.45. The Labute approximate surface area is 102 Å². The zero-order valence-corrected chi connectivity index (χ0v) is 10.2. The summed E-state index contributed by atoms with van der Waals surface area (Å²) in [7, 11) is 0. The summed E-state index contributed by atoms with van der Waals surface area (Å²) in [5, 5.41) is 0. The van der Waals surface area contributed by atoms with Crippen molar-refractivity contribution in [2.75, 3.05) is 6.61 Å². The number of aryl methyl sites for hydroxylation is 2. The van der Waals surface area contributed by atoms with E-state index < -0.39 is 0 Å². The first-order valence-electron chi connectivity index (χ1n) is 6.04. The molecular formula is C16H16O. The fourth-order valence-electron chi connectivity index (χ4n) is 2.71. The molecule has 1 heterocycles. The largest absolute Gasteiger partial charge is 0.492 e. The molecular weight excluding hydrogens is 208 g/mol. The summed E-state index contributed by atoms with van der Waals surface area (Å²) in [5.74, 6) is 1.46. The Bertz CT molecular complexity index is 543. The molecule has 86 valence electrons. The highest BCUT2D eigenvalue weighted by Gasteiger charge is 2.27. The van der Waals surface area contributed by atoms with Gasteiger partial charge in [0.2, 0.25) is 0 Å². The van der Waals surface area contributed by atoms with Crippen LogP contribution in [0.2, 0.25) is 0 Å². The second-order valence-corrected chi connectivity index (χ2v) is 4.77. The highest BCUT2D eigenvalue weighted by Crippen LogP contribution is 2.40. The Balaban J connectivity index is 2.10. The van der Waals surface area contributed by atoms with Crippen LogP contribution in [-0.2, 0) is 0 Å². The van der Waals surface area contributed by atoms with Crippen molar-refractivity contribution in [3.8, 4) is 5.75 Å². The zero-order chi connectivity index (χ0) is 11.8. The van der Waals surface area contributed by atoms with Gasteiger partial charge in [-0.15, -0.1) is 0 Å². The van der Waals surface area contributed by atoms with Gasteiger partial charge in [0.05, 0.1) is 6.61 Å². The van der Waals surface area contributed by atoms with Crippen molar-refractivity contribution < 1.29 is 4.74 Å². The van der Waals surface area contributed by atoms with Gasteiger partial charge in [-0.25, -0.2) is 0 Å². The Hall–Kier alpha value is -1.76. The van der Waals surface area contributed by atoms with Crippen LogP contribution in [0.3, 0.4) is 0 Å². The van der Waals surface area contributed by atoms with E-state index in [0.717, 1.165) is 12.4 Å². The summed E-state index contributed by atoms with van der Waals surface area (Å²) < 4.78 is 5.83. The van der Waals surface area contributed by atoms with Crippen molar-refractivity contribution in [1.29, 1.82) is 0 Å². The lowest BCUT2D eigenvalue weighted by atomic mass is 9.89. The van der Waals surface area contributed by atoms with Crippen LogP contribution in [0.5, 0.6) is 5.75 Å². The number of hydrogen-bond donors (Lipinski definition) is 0. The Morgan fingerprint density at radius 1 is 1.06 bits per heavy atom. The molecule has 1 aliphatic rings. The van der Waals surface area contributed by atoms with E-state index in [9.17, 15) is 0 Å². The lowest BCUT2D eigenvalue weighted by Gasteiger charge is -2.11. The molecule has 1 atom stereocenters. The normalized spacial score (nSPS) is 17.6. The second-order valence-electron chi connectivity index (χ2n) is 4.77. The van der Waals surface area contributed by atoms with Gasteiger partial charge >= 0.3 is 0 Å². The number of rotatable bonds is 1. The molecule has 0 saturated heterocycles. The summed E-state index contributed by atoms with van der Waals surface area (Å²) in [6.07, 6.45) is 0. The minimum absolute atomic E-state index is 0.395. The SMILES string of the molecule is Cc1cc(C)c2c(c1)OC[C@@H]2c1ccccc1. The van der Waals surface area contributed by atoms with Crippen molar-refractivity contribution in [2.24, 2.45) is 0 Å². The van der Waals surface area contributed by atoms with Gasteiger partial charge in [-0.2, -0.15) is 0 Å². The maximum absolute atomic E-state index is 5.83. The van der Waals surface area contributed by atoms with Gasteiger partial charge in [-0.3, -0.25) is 0 Å². The number of fused-ring (bicyclic) bond motifs is 1. The third kappa shape index (κ3) is 1.72. The van der Waals surface area contributed by atoms with Crippen LogP contribution in [0, 0.1) is 13.8 Å². The van der Waals surface area contributed by atoms with Crippen molar-refractivity contribution in [3.63, 3.8) is 0 Å². The second kappa shape index (κ2) is 3.92. The molecule has 1 aliphatic heterocycles. The quantitative estimate of drug-likeness (QED) is 0.715. The predicted octanol–water partition coefficient (Wildman–Crippen LogP) is 3.83. The fraction of sp³-hybridized carbons (Fsp3) is 0.250. The Morgan fingerprint density at radius 3 is 2.59 bits per heavy atom. The highest BCUT2D eigenvalue weighted by molar-refractivity contribution is 5.51. The van der Waals surface area contributed by atoms with Crippen LogP contribution in [0.1, 0.15) is 28.2 Å². The molecule has 0 unspecified atom stereocenters. The standard InChI is InChI=1S/C16H16O/c1-11-8-12(2)16-14(10-17-15(16)9-11)13-6-4-3-5-7-13/h3-9,14H,10H2,1-2H3/t14-/m1/s1. The van der Waals surface area contributed by atoms with Gasteiger partial charge in [0.1, 0.15) is 5.75 Å². The minimum atomic E-state index is 0.395. The van der Waals surface area contributed by atoms with Crippen LogP contribution in [0.15, 0.2) is 42.5 Å². The van der Waals surface area contributed by atoms with E-state index in [1.54, 1.807) is 0 Å². The van der Waals surface area contributed by atoms with Crippen LogP contribution < -0.4 is 4.74 Å². The Morgan fingerprint density at radius 2 is 1.82 bits per heavy atom. The molecule has 0 fully saturated rings. The molecule has 17 heavy (non-hydrogen) atoms. The van der Waals surface area contributed by atoms with Crippen LogP contribution >= 0.6 is 0 Å². The summed E-state index contributed by atoms with van der Waals surface area (Å²) in [4.78, 5) is 0. The average Bonchev–Trinajstić information content (AvgIpc) is 2.74. The van der Waals surface area contributed by atoms with Gasteiger partial charge in [0, 0.05) is 11.5 Å². The van der Waals surface area contributed by atoms with E-state index in [-0.39, 0.29) is 0 Å². The van der Waals surface area contributed by atoms with Gasteiger partial charge in [0.25, 0.3) is 0 Å². The van der Waals surface area contributed by atoms with E-state index >= 15 is 0 Å². The lowest BCUT2D eigenvalue weighted by molar-refractivity contribution is 0.343. The van der Waals surface area contributed by atoms with E-state index in [1.807, 2.05) is 0 Å².